The van der Waals surface area contributed by atoms with E-state index < -0.39 is 24.3 Å². The van der Waals surface area contributed by atoms with E-state index in [9.17, 15) is 32.4 Å². The Labute approximate surface area is 730 Å². The summed E-state index contributed by atoms with van der Waals surface area (Å²) < 4.78 is 83.4. The largest absolute Gasteiger partial charge is 1.00 e. The first-order chi connectivity index (χ1) is 55.6. The van der Waals surface area contributed by atoms with Gasteiger partial charge in [-0.25, -0.2) is 18.2 Å². The predicted molar refractivity (Wildman–Crippen MR) is 459 cm³/mol. The molecule has 21 rings (SSSR count). The number of nitrogens with one attached hydrogen (secondary N) is 3. The quantitative estimate of drug-likeness (QED) is 0.0306. The molecule has 0 spiro atoms. The van der Waals surface area contributed by atoms with Crippen LogP contribution in [0.5, 0.6) is 69.0 Å². The number of fused-ring (bicyclic) bond motifs is 12. The summed E-state index contributed by atoms with van der Waals surface area (Å²) in [6.45, 7) is 4.76. The van der Waals surface area contributed by atoms with Crippen molar-refractivity contribution in [1.29, 1.82) is 0 Å². The number of primary amides is 1. The molecule has 607 valence electrons. The number of carbonyl (C=O) groups excluding carboxylic acids is 5. The van der Waals surface area contributed by atoms with Crippen LogP contribution in [-0.2, 0) is 28.0 Å². The summed E-state index contributed by atoms with van der Waals surface area (Å²) in [6.07, 6.45) is 1.61. The van der Waals surface area contributed by atoms with E-state index in [-0.39, 0.29) is 120 Å². The molecular formula is C92H83BCl2N6NaO16S2. The van der Waals surface area contributed by atoms with Crippen molar-refractivity contribution >= 4 is 77.9 Å². The van der Waals surface area contributed by atoms with Crippen LogP contribution in [0.1, 0.15) is 163 Å². The predicted octanol–water partition coefficient (Wildman–Crippen LogP) is 15.5. The normalized spacial score (nSPS) is 15.5. The standard InChI is InChI=1S/C16H13NO2.C15H10ClNO4S.2C15H11NO2.C14H11NO2.C14H13NO.3CH4.B.ClHO3S.Na.H/c1-9-5-6-13-11(7-9)12-8-17-16(18)10-3-2-4-14(19-13)15(10)12;16-22(19,20)8-4-5-12-10(6-8)11-7-17-15(18)9-2-1-3-13(21-12)14(9)11;17-15-10-5-3-7-13-14(10)11(8-16-15)9-4-1-2-6-12(9)18-13;17-10-16-9-13-11-5-1-3-7-14(11)18-15-8-4-2-6-12(13)15;15-14(16)13-9-5-1-3-7-11(9)17-12-8-4-2-6-10(12)13;15-9-12-10-5-1-3-7-13(10)16-14-8-4-2-6-11(12)14;;;;;1-5(2,3)4;;/h2-7,12H,8H2,1H3,(H,17,18);1-6,11H,7H2,(H,17,18);1-7,11H,8H2,(H,16,17);1-8,13H,9H2;1-8,13H,(H2,15,16);1-8,12H,9,15H2;3*1H4;;(H,2,3,4);;/q;;;;;;;;;;;+1;-1. The third kappa shape index (κ3) is 19.1. The van der Waals surface area contributed by atoms with Crippen molar-refractivity contribution in [2.45, 2.75) is 69.6 Å². The minimum absolute atomic E-state index is 0. The van der Waals surface area contributed by atoms with Gasteiger partial charge < -0.3 is 57.3 Å². The van der Waals surface area contributed by atoms with Crippen LogP contribution in [0, 0.1) is 6.92 Å². The van der Waals surface area contributed by atoms with E-state index in [4.69, 9.17) is 63.5 Å². The van der Waals surface area contributed by atoms with Gasteiger partial charge in [-0.1, -0.05) is 186 Å². The van der Waals surface area contributed by atoms with Gasteiger partial charge in [-0.2, -0.15) is 8.42 Å². The van der Waals surface area contributed by atoms with Crippen molar-refractivity contribution in [3.8, 4) is 69.0 Å². The fraction of sp³-hybridized carbons (Fsp3) is 0.163. The summed E-state index contributed by atoms with van der Waals surface area (Å²) in [4.78, 5) is 61.5. The van der Waals surface area contributed by atoms with E-state index in [0.717, 1.165) is 102 Å². The van der Waals surface area contributed by atoms with Gasteiger partial charge in [0.2, 0.25) is 12.0 Å². The number of halogens is 2. The Balaban J connectivity index is 0.000000162. The molecule has 8 N–H and O–H groups in total. The molecule has 0 bridgehead atoms. The maximum Gasteiger partial charge on any atom is 1.00 e. The number of nitrogens with zero attached hydrogens (tertiary/aromatic N) is 1. The van der Waals surface area contributed by atoms with Crippen LogP contribution >= 0.6 is 21.4 Å². The van der Waals surface area contributed by atoms with Crippen molar-refractivity contribution in [3.05, 3.63) is 350 Å². The number of nitrogens with two attached hydrogens (primary N) is 2. The first kappa shape index (κ1) is 90.5. The fourth-order valence-corrected chi connectivity index (χ4v) is 16.4. The van der Waals surface area contributed by atoms with Crippen molar-refractivity contribution in [2.75, 3.05) is 32.7 Å². The van der Waals surface area contributed by atoms with Gasteiger partial charge in [0.05, 0.1) is 17.4 Å². The molecule has 12 aromatic carbocycles. The van der Waals surface area contributed by atoms with Crippen LogP contribution in [0.25, 0.3) is 0 Å². The van der Waals surface area contributed by atoms with Gasteiger partial charge in [-0.15, -0.1) is 0 Å². The molecule has 0 fully saturated rings. The number of ether oxygens (including phenoxy) is 6. The van der Waals surface area contributed by atoms with Gasteiger partial charge in [0, 0.05) is 169 Å². The summed E-state index contributed by atoms with van der Waals surface area (Å²) in [6, 6.07) is 82.2. The molecule has 9 aliphatic heterocycles. The Kier molecular flexibility index (Phi) is 29.3. The smallest absolute Gasteiger partial charge is 1.00 e. The van der Waals surface area contributed by atoms with E-state index in [0.29, 0.717) is 66.8 Å². The molecule has 0 saturated heterocycles. The molecule has 22 nitrogen and oxygen atoms in total. The third-order valence-electron chi connectivity index (χ3n) is 20.7. The van der Waals surface area contributed by atoms with Gasteiger partial charge in [-0.3, -0.25) is 23.7 Å². The average molecular weight is 1700 g/mol. The van der Waals surface area contributed by atoms with Gasteiger partial charge >= 0.3 is 38.9 Å². The van der Waals surface area contributed by atoms with Crippen LogP contribution < -0.4 is 85.4 Å². The molecule has 9 heterocycles. The zero-order valence-electron chi connectivity index (χ0n) is 63.6. The number of para-hydroxylation sites is 7. The van der Waals surface area contributed by atoms with E-state index in [1.165, 1.54) is 34.4 Å². The number of isocyanates is 1. The SMILES string of the molecule is C.C.C.Cc1ccc2c(c1)C1CNC(=O)c3cccc(c31)O2.NC(=O)C1c2ccccc2Oc2ccccc21.NCC1c2ccccc2Oc2ccccc21.O=C1NCC2c3cc(S(=O)(=O)Cl)ccc3Oc3cccc1c32.O=C1NCC2c3ccccc3Oc3cccc1c32.O=C=NCC1c2ccccc2Oc2ccccc21.O=S(=O)(O)Cl.[B].[H-].[Na+]. The Morgan fingerprint density at radius 1 is 0.433 bits per heavy atom. The molecule has 3 unspecified atom stereocenters. The summed E-state index contributed by atoms with van der Waals surface area (Å²) in [5.74, 6) is 9.19. The number of hydrogen-bond donors (Lipinski definition) is 6. The first-order valence-corrected chi connectivity index (χ1v) is 41.0. The monoisotopic (exact) mass is 1700 g/mol. The molecule has 12 aromatic rings. The minimum Gasteiger partial charge on any atom is -1.00 e. The summed E-state index contributed by atoms with van der Waals surface area (Å²) in [7, 11) is 1.47. The molecule has 120 heavy (non-hydrogen) atoms. The van der Waals surface area contributed by atoms with Gasteiger partial charge in [-0.05, 0) is 110 Å². The zero-order valence-corrected chi connectivity index (χ0v) is 67.8. The number of aliphatic imine (C=N–C) groups is 1. The second-order valence-corrected chi connectivity index (χ2v) is 32.1. The summed E-state index contributed by atoms with van der Waals surface area (Å²) in [5.41, 5.74) is 26.7. The van der Waals surface area contributed by atoms with Gasteiger partial charge in [0.25, 0.3) is 26.8 Å². The van der Waals surface area contributed by atoms with Crippen molar-refractivity contribution in [1.82, 2.24) is 16.0 Å². The van der Waals surface area contributed by atoms with Crippen LogP contribution in [0.2, 0.25) is 0 Å². The molecule has 28 heteroatoms. The summed E-state index contributed by atoms with van der Waals surface area (Å²) in [5, 5.41) is 8.74. The second kappa shape index (κ2) is 38.9. The Morgan fingerprint density at radius 2 is 0.717 bits per heavy atom. The number of rotatable bonds is 5. The fourth-order valence-electron chi connectivity index (χ4n) is 15.7. The second-order valence-electron chi connectivity index (χ2n) is 27.5. The molecule has 0 saturated carbocycles. The van der Waals surface area contributed by atoms with E-state index >= 15 is 0 Å². The Morgan fingerprint density at radius 3 is 1.07 bits per heavy atom. The van der Waals surface area contributed by atoms with Crippen LogP contribution in [0.4, 0.5) is 0 Å². The minimum atomic E-state index is -4.19. The van der Waals surface area contributed by atoms with Gasteiger partial charge in [0.15, 0.2) is 0 Å². The molecule has 3 radical (unpaired) electrons. The first-order valence-electron chi connectivity index (χ1n) is 36.4. The Hall–Kier alpha value is -11.8. The Bertz CT molecular complexity index is 6040. The van der Waals surface area contributed by atoms with Crippen LogP contribution in [0.3, 0.4) is 0 Å². The van der Waals surface area contributed by atoms with E-state index in [1.807, 2.05) is 194 Å². The molecule has 0 aromatic heterocycles. The molecule has 4 amide bonds. The molecule has 3 atom stereocenters. The van der Waals surface area contributed by atoms with Crippen LogP contribution in [0.15, 0.2) is 271 Å². The molecular weight excluding hydrogens is 1610 g/mol. The number of benzene rings is 12. The number of amides is 4. The van der Waals surface area contributed by atoms with Crippen LogP contribution in [-0.4, -0.2) is 92.2 Å². The third-order valence-corrected chi connectivity index (χ3v) is 22.0. The molecule has 0 aliphatic carbocycles. The van der Waals surface area contributed by atoms with Crippen molar-refractivity contribution in [3.63, 3.8) is 0 Å². The average Bonchev–Trinajstić information content (AvgIpc) is 0.745. The maximum atomic E-state index is 12.0. The topological polar surface area (TPSA) is 330 Å². The van der Waals surface area contributed by atoms with E-state index in [2.05, 4.69) is 68.9 Å². The zero-order chi connectivity index (χ0) is 80.2. The summed E-state index contributed by atoms with van der Waals surface area (Å²) >= 11 is 0. The number of hydrogen-bond acceptors (Lipinski definition) is 17. The molecule has 9 aliphatic rings. The van der Waals surface area contributed by atoms with Crippen molar-refractivity contribution < 1.29 is 105 Å². The number of aryl methyl sites for hydroxylation is 1. The number of carbonyl (C=O) groups is 4. The van der Waals surface area contributed by atoms with Gasteiger partial charge in [0.1, 0.15) is 69.0 Å². The maximum absolute atomic E-state index is 12.0. The van der Waals surface area contributed by atoms with Crippen molar-refractivity contribution in [2.24, 2.45) is 16.5 Å². The van der Waals surface area contributed by atoms with E-state index in [1.54, 1.807) is 30.3 Å².